The molecule has 0 atom stereocenters. The van der Waals surface area contributed by atoms with Crippen molar-refractivity contribution in [2.24, 2.45) is 5.41 Å². The molecule has 1 aliphatic rings. The third-order valence-corrected chi connectivity index (χ3v) is 3.13. The second kappa shape index (κ2) is 6.43. The van der Waals surface area contributed by atoms with Gasteiger partial charge in [0.2, 0.25) is 0 Å². The SMILES string of the molecule is CC1(C)CC(=O)C=C(NNC(=O)COc2ccccc2)C1. The Labute approximate surface area is 124 Å². The van der Waals surface area contributed by atoms with Crippen LogP contribution in [0.3, 0.4) is 0 Å². The zero-order valence-corrected chi connectivity index (χ0v) is 12.3. The van der Waals surface area contributed by atoms with Crippen LogP contribution in [0.25, 0.3) is 0 Å². The number of ether oxygens (including phenoxy) is 1. The van der Waals surface area contributed by atoms with Crippen molar-refractivity contribution in [2.75, 3.05) is 6.61 Å². The first kappa shape index (κ1) is 15.1. The summed E-state index contributed by atoms with van der Waals surface area (Å²) in [5, 5.41) is 0. The van der Waals surface area contributed by atoms with Gasteiger partial charge in [0.25, 0.3) is 5.91 Å². The average molecular weight is 288 g/mol. The molecule has 0 unspecified atom stereocenters. The Morgan fingerprint density at radius 2 is 1.95 bits per heavy atom. The van der Waals surface area contributed by atoms with E-state index in [0.29, 0.717) is 12.2 Å². The minimum atomic E-state index is -0.296. The summed E-state index contributed by atoms with van der Waals surface area (Å²) >= 11 is 0. The highest BCUT2D eigenvalue weighted by Gasteiger charge is 2.27. The van der Waals surface area contributed by atoms with Gasteiger partial charge in [-0.15, -0.1) is 0 Å². The molecule has 0 saturated heterocycles. The molecule has 21 heavy (non-hydrogen) atoms. The van der Waals surface area contributed by atoms with Gasteiger partial charge in [0, 0.05) is 18.2 Å². The Balaban J connectivity index is 1.78. The molecule has 0 aliphatic heterocycles. The maximum absolute atomic E-state index is 11.7. The molecular formula is C16H20N2O3. The second-order valence-electron chi connectivity index (χ2n) is 5.93. The molecule has 0 radical (unpaired) electrons. The van der Waals surface area contributed by atoms with Crippen LogP contribution >= 0.6 is 0 Å². The summed E-state index contributed by atoms with van der Waals surface area (Å²) in [6.45, 7) is 3.97. The first-order chi connectivity index (χ1) is 9.94. The quantitative estimate of drug-likeness (QED) is 0.813. The predicted molar refractivity (Wildman–Crippen MR) is 79.3 cm³/mol. The Kier molecular flexibility index (Phi) is 4.62. The molecule has 0 saturated carbocycles. The van der Waals surface area contributed by atoms with Gasteiger partial charge in [-0.3, -0.25) is 15.0 Å². The summed E-state index contributed by atoms with van der Waals surface area (Å²) in [4.78, 5) is 23.3. The third kappa shape index (κ3) is 4.95. The number of amides is 1. The molecule has 0 aromatic heterocycles. The van der Waals surface area contributed by atoms with Crippen molar-refractivity contribution in [3.05, 3.63) is 42.1 Å². The van der Waals surface area contributed by atoms with Crippen LogP contribution in [0.2, 0.25) is 0 Å². The molecule has 112 valence electrons. The number of benzene rings is 1. The van der Waals surface area contributed by atoms with E-state index < -0.39 is 0 Å². The number of carbonyl (C=O) groups is 2. The van der Waals surface area contributed by atoms with Gasteiger partial charge < -0.3 is 10.2 Å². The standard InChI is InChI=1S/C16H20N2O3/c1-16(2)9-12(8-13(19)10-16)17-18-15(20)11-21-14-6-4-3-5-7-14/h3-8,17H,9-11H2,1-2H3,(H,18,20). The molecule has 1 aromatic rings. The van der Waals surface area contributed by atoms with Crippen LogP contribution in [-0.2, 0) is 9.59 Å². The zero-order chi connectivity index (χ0) is 15.3. The number of allylic oxidation sites excluding steroid dienone is 2. The number of hydrazine groups is 1. The van der Waals surface area contributed by atoms with Crippen molar-refractivity contribution in [1.82, 2.24) is 10.9 Å². The van der Waals surface area contributed by atoms with Crippen molar-refractivity contribution in [2.45, 2.75) is 26.7 Å². The van der Waals surface area contributed by atoms with Crippen LogP contribution in [0, 0.1) is 5.41 Å². The molecule has 1 aliphatic carbocycles. The highest BCUT2D eigenvalue weighted by atomic mass is 16.5. The number of hydrogen-bond acceptors (Lipinski definition) is 4. The molecule has 0 spiro atoms. The van der Waals surface area contributed by atoms with E-state index in [1.54, 1.807) is 18.2 Å². The lowest BCUT2D eigenvalue weighted by Gasteiger charge is -2.29. The van der Waals surface area contributed by atoms with Gasteiger partial charge in [-0.05, 0) is 24.0 Å². The Bertz CT molecular complexity index is 550. The van der Waals surface area contributed by atoms with Gasteiger partial charge in [0.15, 0.2) is 12.4 Å². The Hall–Kier alpha value is -2.30. The van der Waals surface area contributed by atoms with E-state index in [4.69, 9.17) is 4.74 Å². The minimum Gasteiger partial charge on any atom is -0.484 e. The molecule has 1 aromatic carbocycles. The third-order valence-electron chi connectivity index (χ3n) is 3.13. The topological polar surface area (TPSA) is 67.4 Å². The van der Waals surface area contributed by atoms with Crippen molar-refractivity contribution in [1.29, 1.82) is 0 Å². The van der Waals surface area contributed by atoms with E-state index in [2.05, 4.69) is 10.9 Å². The molecule has 0 heterocycles. The lowest BCUT2D eigenvalue weighted by atomic mass is 9.79. The Morgan fingerprint density at radius 3 is 2.62 bits per heavy atom. The maximum atomic E-state index is 11.7. The fourth-order valence-corrected chi connectivity index (χ4v) is 2.28. The molecule has 5 nitrogen and oxygen atoms in total. The number of hydrogen-bond donors (Lipinski definition) is 2. The van der Waals surface area contributed by atoms with Crippen LogP contribution in [-0.4, -0.2) is 18.3 Å². The molecule has 0 fully saturated rings. The second-order valence-corrected chi connectivity index (χ2v) is 5.93. The van der Waals surface area contributed by atoms with Crippen molar-refractivity contribution >= 4 is 11.7 Å². The van der Waals surface area contributed by atoms with E-state index in [1.807, 2.05) is 32.0 Å². The van der Waals surface area contributed by atoms with Crippen LogP contribution in [0.1, 0.15) is 26.7 Å². The van der Waals surface area contributed by atoms with E-state index >= 15 is 0 Å². The summed E-state index contributed by atoms with van der Waals surface area (Å²) in [5.74, 6) is 0.417. The van der Waals surface area contributed by atoms with Crippen molar-refractivity contribution < 1.29 is 14.3 Å². The van der Waals surface area contributed by atoms with Gasteiger partial charge in [0.1, 0.15) is 5.75 Å². The summed E-state index contributed by atoms with van der Waals surface area (Å²) in [6, 6.07) is 9.12. The molecule has 2 rings (SSSR count). The summed E-state index contributed by atoms with van der Waals surface area (Å²) < 4.78 is 5.33. The first-order valence-electron chi connectivity index (χ1n) is 6.91. The minimum absolute atomic E-state index is 0.0727. The molecular weight excluding hydrogens is 268 g/mol. The zero-order valence-electron chi connectivity index (χ0n) is 12.3. The van der Waals surface area contributed by atoms with Crippen molar-refractivity contribution in [3.63, 3.8) is 0 Å². The van der Waals surface area contributed by atoms with Gasteiger partial charge in [-0.25, -0.2) is 0 Å². The number of ketones is 1. The summed E-state index contributed by atoms with van der Waals surface area (Å²) in [5.41, 5.74) is 5.99. The van der Waals surface area contributed by atoms with Crippen LogP contribution in [0.15, 0.2) is 42.1 Å². The average Bonchev–Trinajstić information content (AvgIpc) is 2.42. The molecule has 1 amide bonds. The van der Waals surface area contributed by atoms with Crippen LogP contribution in [0.5, 0.6) is 5.75 Å². The van der Waals surface area contributed by atoms with E-state index in [9.17, 15) is 9.59 Å². The monoisotopic (exact) mass is 288 g/mol. The molecule has 2 N–H and O–H groups in total. The Morgan fingerprint density at radius 1 is 1.24 bits per heavy atom. The fourth-order valence-electron chi connectivity index (χ4n) is 2.28. The lowest BCUT2D eigenvalue weighted by molar-refractivity contribution is -0.124. The van der Waals surface area contributed by atoms with E-state index in [0.717, 1.165) is 12.1 Å². The largest absolute Gasteiger partial charge is 0.484 e. The summed E-state index contributed by atoms with van der Waals surface area (Å²) in [6.07, 6.45) is 2.80. The van der Waals surface area contributed by atoms with Gasteiger partial charge in [-0.1, -0.05) is 32.0 Å². The fraction of sp³-hybridized carbons (Fsp3) is 0.375. The highest BCUT2D eigenvalue weighted by Crippen LogP contribution is 2.32. The van der Waals surface area contributed by atoms with Gasteiger partial charge in [0.05, 0.1) is 0 Å². The smallest absolute Gasteiger partial charge is 0.276 e. The highest BCUT2D eigenvalue weighted by molar-refractivity contribution is 5.91. The van der Waals surface area contributed by atoms with Gasteiger partial charge in [-0.2, -0.15) is 0 Å². The normalized spacial score (nSPS) is 16.9. The summed E-state index contributed by atoms with van der Waals surface area (Å²) in [7, 11) is 0. The maximum Gasteiger partial charge on any atom is 0.276 e. The van der Waals surface area contributed by atoms with Gasteiger partial charge >= 0.3 is 0 Å². The lowest BCUT2D eigenvalue weighted by Crippen LogP contribution is -2.42. The van der Waals surface area contributed by atoms with Crippen LogP contribution in [0.4, 0.5) is 0 Å². The molecule has 5 heteroatoms. The number of para-hydroxylation sites is 1. The predicted octanol–water partition coefficient (Wildman–Crippen LogP) is 1.96. The first-order valence-corrected chi connectivity index (χ1v) is 6.91. The molecule has 0 bridgehead atoms. The number of carbonyl (C=O) groups excluding carboxylic acids is 2. The number of nitrogens with one attached hydrogen (secondary N) is 2. The van der Waals surface area contributed by atoms with E-state index in [-0.39, 0.29) is 23.7 Å². The van der Waals surface area contributed by atoms with Crippen LogP contribution < -0.4 is 15.6 Å². The number of rotatable bonds is 5. The van der Waals surface area contributed by atoms with Crippen molar-refractivity contribution in [3.8, 4) is 5.75 Å². The van der Waals surface area contributed by atoms with E-state index in [1.165, 1.54) is 0 Å².